The number of nitrogens with zero attached hydrogens (tertiary/aromatic N) is 2. The molecule has 1 fully saturated rings. The third-order valence-corrected chi connectivity index (χ3v) is 4.01. The molecule has 1 aliphatic rings. The van der Waals surface area contributed by atoms with Gasteiger partial charge in [0, 0.05) is 24.2 Å². The molecule has 0 aliphatic carbocycles. The number of non-ortho nitro benzene ring substituents is 1. The lowest BCUT2D eigenvalue weighted by Gasteiger charge is -2.32. The van der Waals surface area contributed by atoms with Crippen LogP contribution < -0.4 is 5.73 Å². The van der Waals surface area contributed by atoms with Crippen LogP contribution in [-0.4, -0.2) is 27.8 Å². The molecule has 1 aromatic carbocycles. The van der Waals surface area contributed by atoms with E-state index in [1.807, 2.05) is 13.8 Å². The SMILES string of the molecule is CC1(C)CCCN1C(=O)c1cc([N+](=O)[O-])cc(Cl)c1N. The molecule has 2 rings (SSSR count). The van der Waals surface area contributed by atoms with Gasteiger partial charge in [0.1, 0.15) is 0 Å². The number of benzene rings is 1. The van der Waals surface area contributed by atoms with E-state index in [1.165, 1.54) is 6.07 Å². The quantitative estimate of drug-likeness (QED) is 0.516. The summed E-state index contributed by atoms with van der Waals surface area (Å²) < 4.78 is 0. The van der Waals surface area contributed by atoms with E-state index in [-0.39, 0.29) is 33.4 Å². The molecule has 7 heteroatoms. The number of carbonyl (C=O) groups is 1. The zero-order valence-electron chi connectivity index (χ0n) is 11.4. The molecule has 0 aromatic heterocycles. The van der Waals surface area contributed by atoms with Crippen LogP contribution in [0.4, 0.5) is 11.4 Å². The van der Waals surface area contributed by atoms with Crippen LogP contribution in [0, 0.1) is 10.1 Å². The number of rotatable bonds is 2. The largest absolute Gasteiger partial charge is 0.397 e. The summed E-state index contributed by atoms with van der Waals surface area (Å²) >= 11 is 5.88. The normalized spacial score (nSPS) is 17.2. The summed E-state index contributed by atoms with van der Waals surface area (Å²) in [5.41, 5.74) is 5.48. The minimum Gasteiger partial charge on any atom is -0.397 e. The molecule has 20 heavy (non-hydrogen) atoms. The van der Waals surface area contributed by atoms with Crippen LogP contribution in [0.15, 0.2) is 12.1 Å². The van der Waals surface area contributed by atoms with Crippen LogP contribution in [0.25, 0.3) is 0 Å². The highest BCUT2D eigenvalue weighted by Gasteiger charge is 2.37. The molecule has 0 unspecified atom stereocenters. The van der Waals surface area contributed by atoms with E-state index < -0.39 is 4.92 Å². The first-order valence-electron chi connectivity index (χ1n) is 6.29. The van der Waals surface area contributed by atoms with Crippen LogP contribution in [0.3, 0.4) is 0 Å². The second-order valence-corrected chi connectivity index (χ2v) is 5.93. The third kappa shape index (κ3) is 2.43. The topological polar surface area (TPSA) is 89.5 Å². The minimum atomic E-state index is -0.586. The highest BCUT2D eigenvalue weighted by atomic mass is 35.5. The van der Waals surface area contributed by atoms with Crippen molar-refractivity contribution in [3.05, 3.63) is 32.8 Å². The van der Waals surface area contributed by atoms with Crippen molar-refractivity contribution in [2.24, 2.45) is 0 Å². The van der Waals surface area contributed by atoms with Gasteiger partial charge in [0.05, 0.1) is 21.2 Å². The summed E-state index contributed by atoms with van der Waals surface area (Å²) in [7, 11) is 0. The highest BCUT2D eigenvalue weighted by molar-refractivity contribution is 6.34. The van der Waals surface area contributed by atoms with Crippen molar-refractivity contribution in [1.29, 1.82) is 0 Å². The zero-order chi connectivity index (χ0) is 15.1. The van der Waals surface area contributed by atoms with E-state index in [9.17, 15) is 14.9 Å². The molecule has 1 aliphatic heterocycles. The molecule has 1 saturated heterocycles. The van der Waals surface area contributed by atoms with E-state index in [0.29, 0.717) is 6.54 Å². The Morgan fingerprint density at radius 3 is 2.65 bits per heavy atom. The molecule has 1 heterocycles. The van der Waals surface area contributed by atoms with Gasteiger partial charge in [-0.05, 0) is 26.7 Å². The third-order valence-electron chi connectivity index (χ3n) is 3.70. The lowest BCUT2D eigenvalue weighted by atomic mass is 10.0. The minimum absolute atomic E-state index is 0.0274. The number of nitrogens with two attached hydrogens (primary N) is 1. The Bertz CT molecular complexity index is 586. The number of halogens is 1. The standard InChI is InChI=1S/C13H16ClN3O3/c1-13(2)4-3-5-16(13)12(18)9-6-8(17(19)20)7-10(14)11(9)15/h6-7H,3-5,15H2,1-2H3. The maximum Gasteiger partial charge on any atom is 0.271 e. The Morgan fingerprint density at radius 2 is 2.15 bits per heavy atom. The van der Waals surface area contributed by atoms with E-state index >= 15 is 0 Å². The van der Waals surface area contributed by atoms with Gasteiger partial charge < -0.3 is 10.6 Å². The van der Waals surface area contributed by atoms with Gasteiger partial charge in [-0.2, -0.15) is 0 Å². The summed E-state index contributed by atoms with van der Waals surface area (Å²) in [6, 6.07) is 2.35. The Balaban J connectivity index is 2.47. The predicted octanol–water partition coefficient (Wildman–Crippen LogP) is 2.85. The summed E-state index contributed by atoms with van der Waals surface area (Å²) in [5.74, 6) is -0.310. The molecule has 2 N–H and O–H groups in total. The van der Waals surface area contributed by atoms with Crippen molar-refractivity contribution >= 4 is 28.9 Å². The lowest BCUT2D eigenvalue weighted by Crippen LogP contribution is -2.42. The van der Waals surface area contributed by atoms with Crippen molar-refractivity contribution < 1.29 is 9.72 Å². The molecule has 0 bridgehead atoms. The van der Waals surface area contributed by atoms with Gasteiger partial charge in [0.25, 0.3) is 11.6 Å². The van der Waals surface area contributed by atoms with Crippen molar-refractivity contribution in [2.45, 2.75) is 32.2 Å². The highest BCUT2D eigenvalue weighted by Crippen LogP contribution is 2.34. The van der Waals surface area contributed by atoms with Gasteiger partial charge in [0.15, 0.2) is 0 Å². The van der Waals surface area contributed by atoms with E-state index in [4.69, 9.17) is 17.3 Å². The molecule has 0 atom stereocenters. The maximum absolute atomic E-state index is 12.6. The van der Waals surface area contributed by atoms with Crippen LogP contribution in [-0.2, 0) is 0 Å². The number of likely N-dealkylation sites (tertiary alicyclic amines) is 1. The van der Waals surface area contributed by atoms with E-state index in [0.717, 1.165) is 18.9 Å². The fraction of sp³-hybridized carbons (Fsp3) is 0.462. The van der Waals surface area contributed by atoms with Gasteiger partial charge >= 0.3 is 0 Å². The van der Waals surface area contributed by atoms with Gasteiger partial charge in [0.2, 0.25) is 0 Å². The Kier molecular flexibility index (Phi) is 3.60. The molecule has 0 radical (unpaired) electrons. The smallest absolute Gasteiger partial charge is 0.271 e. The van der Waals surface area contributed by atoms with Crippen molar-refractivity contribution in [1.82, 2.24) is 4.90 Å². The zero-order valence-corrected chi connectivity index (χ0v) is 12.1. The molecule has 0 saturated carbocycles. The van der Waals surface area contributed by atoms with Crippen LogP contribution >= 0.6 is 11.6 Å². The number of nitrogen functional groups attached to an aromatic ring is 1. The molecule has 6 nitrogen and oxygen atoms in total. The Morgan fingerprint density at radius 1 is 1.50 bits per heavy atom. The lowest BCUT2D eigenvalue weighted by molar-refractivity contribution is -0.384. The number of nitro groups is 1. The number of hydrogen-bond donors (Lipinski definition) is 1. The molecule has 1 aromatic rings. The van der Waals surface area contributed by atoms with Crippen molar-refractivity contribution in [3.8, 4) is 0 Å². The molecular formula is C13H16ClN3O3. The van der Waals surface area contributed by atoms with Crippen LogP contribution in [0.2, 0.25) is 5.02 Å². The number of amides is 1. The fourth-order valence-electron chi connectivity index (χ4n) is 2.52. The maximum atomic E-state index is 12.6. The van der Waals surface area contributed by atoms with Gasteiger partial charge in [-0.3, -0.25) is 14.9 Å². The molecule has 1 amide bonds. The number of carbonyl (C=O) groups excluding carboxylic acids is 1. The monoisotopic (exact) mass is 297 g/mol. The van der Waals surface area contributed by atoms with Gasteiger partial charge in [-0.25, -0.2) is 0 Å². The predicted molar refractivity (Wildman–Crippen MR) is 76.9 cm³/mol. The summed E-state index contributed by atoms with van der Waals surface area (Å²) in [4.78, 5) is 24.6. The van der Waals surface area contributed by atoms with Crippen molar-refractivity contribution in [3.63, 3.8) is 0 Å². The van der Waals surface area contributed by atoms with E-state index in [1.54, 1.807) is 4.90 Å². The first kappa shape index (κ1) is 14.6. The number of hydrogen-bond acceptors (Lipinski definition) is 4. The summed E-state index contributed by atoms with van der Waals surface area (Å²) in [5, 5.41) is 10.9. The first-order valence-corrected chi connectivity index (χ1v) is 6.67. The first-order chi connectivity index (χ1) is 9.24. The van der Waals surface area contributed by atoms with Crippen LogP contribution in [0.5, 0.6) is 0 Å². The second-order valence-electron chi connectivity index (χ2n) is 5.52. The molecular weight excluding hydrogens is 282 g/mol. The molecule has 108 valence electrons. The number of nitro benzene ring substituents is 1. The van der Waals surface area contributed by atoms with Gasteiger partial charge in [-0.15, -0.1) is 0 Å². The second kappa shape index (κ2) is 4.94. The van der Waals surface area contributed by atoms with Gasteiger partial charge in [-0.1, -0.05) is 11.6 Å². The average molecular weight is 298 g/mol. The Labute approximate surface area is 121 Å². The average Bonchev–Trinajstić information content (AvgIpc) is 2.71. The fourth-order valence-corrected chi connectivity index (χ4v) is 2.73. The van der Waals surface area contributed by atoms with Crippen molar-refractivity contribution in [2.75, 3.05) is 12.3 Å². The molecule has 0 spiro atoms. The summed E-state index contributed by atoms with van der Waals surface area (Å²) in [6.45, 7) is 4.55. The Hall–Kier alpha value is -1.82. The summed E-state index contributed by atoms with van der Waals surface area (Å²) in [6.07, 6.45) is 1.79. The van der Waals surface area contributed by atoms with Crippen LogP contribution in [0.1, 0.15) is 37.0 Å². The number of anilines is 1. The van der Waals surface area contributed by atoms with E-state index in [2.05, 4.69) is 0 Å².